The molecule has 6 rings (SSSR count). The van der Waals surface area contributed by atoms with E-state index in [1.165, 1.54) is 0 Å². The Kier molecular flexibility index (Phi) is 21.8. The van der Waals surface area contributed by atoms with Crippen molar-refractivity contribution in [3.05, 3.63) is 75.8 Å². The van der Waals surface area contributed by atoms with Crippen molar-refractivity contribution < 1.29 is 100 Å². The number of ether oxygens (including phenoxy) is 12. The maximum atomic E-state index is 13.3. The highest BCUT2D eigenvalue weighted by Crippen LogP contribution is 2.52. The summed E-state index contributed by atoms with van der Waals surface area (Å²) >= 11 is 0. The molecule has 4 atom stereocenters. The molecule has 2 aliphatic rings. The molecule has 18 heteroatoms. The van der Waals surface area contributed by atoms with Crippen LogP contribution in [0.25, 0.3) is 0 Å². The monoisotopic (exact) mass is 1050 g/mol. The molecule has 73 heavy (non-hydrogen) atoms. The van der Waals surface area contributed by atoms with Crippen molar-refractivity contribution in [2.45, 2.75) is 57.0 Å². The summed E-state index contributed by atoms with van der Waals surface area (Å²) in [4.78, 5) is 26.3. The van der Waals surface area contributed by atoms with E-state index >= 15 is 0 Å². The van der Waals surface area contributed by atoms with E-state index in [-0.39, 0.29) is 55.7 Å². The minimum atomic E-state index is -0.737. The zero-order valence-electron chi connectivity index (χ0n) is 44.5. The zero-order valence-corrected chi connectivity index (χ0v) is 46.1. The molecule has 4 aromatic carbocycles. The highest BCUT2D eigenvalue weighted by atomic mass is 35.5. The number of carbonyl (C=O) groups is 2. The van der Waals surface area contributed by atoms with Crippen LogP contribution in [-0.2, 0) is 40.0 Å². The summed E-state index contributed by atoms with van der Waals surface area (Å²) in [5.41, 5.74) is 6.31. The lowest BCUT2D eigenvalue weighted by Crippen LogP contribution is -3.00. The molecule has 0 N–H and O–H groups in total. The third kappa shape index (κ3) is 12.8. The quantitative estimate of drug-likeness (QED) is 0.0263. The van der Waals surface area contributed by atoms with Crippen molar-refractivity contribution in [2.24, 2.45) is 0 Å². The molecule has 0 bridgehead atoms. The molecule has 4 aromatic rings. The van der Waals surface area contributed by atoms with E-state index in [1.807, 2.05) is 42.5 Å². The van der Waals surface area contributed by atoms with Gasteiger partial charge in [0.2, 0.25) is 23.0 Å². The predicted molar refractivity (Wildman–Crippen MR) is 268 cm³/mol. The van der Waals surface area contributed by atoms with Gasteiger partial charge in [-0.15, -0.1) is 0 Å². The first-order valence-electron chi connectivity index (χ1n) is 23.8. The molecule has 0 amide bonds. The first kappa shape index (κ1) is 59.4. The van der Waals surface area contributed by atoms with Crippen LogP contribution >= 0.6 is 0 Å². The number of rotatable bonds is 23. The SMILES string of the molecule is COc1ccc(CC2c3c(cc(OC)c(OC)c3OC)CC[N+]2(C)CCCOC(=O)C#CC(=O)CCC[N+]2(C)CCc3cc(OC)c(OC)c(OC)c3C2Cc2cc(OC)c(OC)c(OC)c2)cc1OC.[Cl-].[Cl-]. The van der Waals surface area contributed by atoms with Crippen molar-refractivity contribution in [1.82, 2.24) is 0 Å². The Bertz CT molecular complexity index is 2590. The van der Waals surface area contributed by atoms with Crippen LogP contribution < -0.4 is 76.9 Å². The molecule has 0 radical (unpaired) electrons. The van der Waals surface area contributed by atoms with Crippen molar-refractivity contribution in [2.75, 3.05) is 125 Å². The fourth-order valence-corrected chi connectivity index (χ4v) is 10.6. The van der Waals surface area contributed by atoms with Gasteiger partial charge in [0.1, 0.15) is 12.1 Å². The fraction of sp³-hybridized carbons (Fsp3) is 0.491. The number of benzene rings is 4. The van der Waals surface area contributed by atoms with E-state index in [4.69, 9.17) is 56.8 Å². The lowest BCUT2D eigenvalue weighted by atomic mass is 9.85. The van der Waals surface area contributed by atoms with Gasteiger partial charge in [0, 0.05) is 50.9 Å². The summed E-state index contributed by atoms with van der Waals surface area (Å²) in [6, 6.07) is 13.8. The van der Waals surface area contributed by atoms with Crippen LogP contribution in [-0.4, -0.2) is 146 Å². The number of hydrogen-bond donors (Lipinski definition) is 0. The third-order valence-electron chi connectivity index (χ3n) is 14.3. The van der Waals surface area contributed by atoms with E-state index in [0.717, 1.165) is 59.3 Å². The Labute approximate surface area is 443 Å². The summed E-state index contributed by atoms with van der Waals surface area (Å²) in [5, 5.41) is 0. The largest absolute Gasteiger partial charge is 1.00 e. The number of likely N-dealkylation sites (N-methyl/N-ethyl adjacent to an activating group) is 2. The second-order valence-corrected chi connectivity index (χ2v) is 18.2. The van der Waals surface area contributed by atoms with Crippen LogP contribution in [0.4, 0.5) is 0 Å². The van der Waals surface area contributed by atoms with Crippen LogP contribution in [0, 0.1) is 11.8 Å². The van der Waals surface area contributed by atoms with Gasteiger partial charge in [0.15, 0.2) is 46.0 Å². The Hall–Kier alpha value is -6.12. The number of fused-ring (bicyclic) bond motifs is 2. The molecular formula is C55H72Cl2N2O14. The maximum absolute atomic E-state index is 13.3. The molecule has 0 saturated carbocycles. The fourth-order valence-electron chi connectivity index (χ4n) is 10.6. The highest BCUT2D eigenvalue weighted by molar-refractivity contribution is 6.01. The van der Waals surface area contributed by atoms with Gasteiger partial charge in [-0.25, -0.2) is 4.79 Å². The molecule has 16 nitrogen and oxygen atoms in total. The van der Waals surface area contributed by atoms with E-state index in [0.29, 0.717) is 111 Å². The van der Waals surface area contributed by atoms with Gasteiger partial charge in [-0.3, -0.25) is 4.79 Å². The summed E-state index contributed by atoms with van der Waals surface area (Å²) < 4.78 is 70.4. The average Bonchev–Trinajstić information content (AvgIpc) is 3.39. The Morgan fingerprint density at radius 1 is 0.493 bits per heavy atom. The van der Waals surface area contributed by atoms with Gasteiger partial charge in [0.05, 0.1) is 136 Å². The van der Waals surface area contributed by atoms with Crippen LogP contribution in [0.15, 0.2) is 42.5 Å². The van der Waals surface area contributed by atoms with Crippen molar-refractivity contribution >= 4 is 11.8 Å². The number of Topliss-reactive ketones (excluding diaryl/α,β-unsaturated/α-hetero) is 1. The Balaban J connectivity index is 0.00000578. The number of halogens is 2. The molecule has 2 aliphatic heterocycles. The number of quaternary nitrogens is 2. The maximum Gasteiger partial charge on any atom is 0.384 e. The first-order chi connectivity index (χ1) is 34.2. The topological polar surface area (TPSA) is 145 Å². The van der Waals surface area contributed by atoms with Crippen LogP contribution in [0.5, 0.6) is 63.2 Å². The summed E-state index contributed by atoms with van der Waals surface area (Å²) in [6.45, 7) is 3.07. The smallest absolute Gasteiger partial charge is 0.384 e. The second kappa shape index (κ2) is 26.7. The molecule has 0 spiro atoms. The number of hydrogen-bond acceptors (Lipinski definition) is 14. The summed E-state index contributed by atoms with van der Waals surface area (Å²) in [5.74, 6) is 10.4. The number of methoxy groups -OCH3 is 11. The lowest BCUT2D eigenvalue weighted by molar-refractivity contribution is -0.941. The van der Waals surface area contributed by atoms with Gasteiger partial charge >= 0.3 is 5.97 Å². The number of carbonyl (C=O) groups excluding carboxylic acids is 2. The third-order valence-corrected chi connectivity index (χ3v) is 14.3. The number of nitrogens with zero attached hydrogens (tertiary/aromatic N) is 2. The van der Waals surface area contributed by atoms with Crippen molar-refractivity contribution in [3.8, 4) is 75.1 Å². The molecule has 0 aliphatic carbocycles. The zero-order chi connectivity index (χ0) is 51.5. The van der Waals surface area contributed by atoms with Gasteiger partial charge in [-0.1, -0.05) is 6.07 Å². The number of esters is 1. The lowest BCUT2D eigenvalue weighted by Gasteiger charge is -2.46. The van der Waals surface area contributed by atoms with Crippen LogP contribution in [0.3, 0.4) is 0 Å². The van der Waals surface area contributed by atoms with E-state index < -0.39 is 5.97 Å². The van der Waals surface area contributed by atoms with Crippen LogP contribution in [0.2, 0.25) is 0 Å². The van der Waals surface area contributed by atoms with Gasteiger partial charge < -0.3 is 90.6 Å². The molecule has 2 heterocycles. The van der Waals surface area contributed by atoms with E-state index in [2.05, 4.69) is 25.9 Å². The standard InChI is InChI=1S/C55H72N2O14.2ClH/c1-56(25-21-38-34-47(65-8)53(68-11)55(70-13)50(38)41(56)29-36-31-44(62-5)51(66-9)45(32-36)63-6)23-14-16-39(58)18-20-48(59)71-27-15-24-57(2)26-22-37-33-46(64-7)52(67-10)54(69-12)49(37)40(57)28-35-17-19-42(60-3)43(30-35)61-4;;/h17,19,30-34,40-41H,14-16,21-29H2,1-13H3;2*1H/q+2;;/p-2. The molecule has 400 valence electrons. The van der Waals surface area contributed by atoms with E-state index in [9.17, 15) is 9.59 Å². The first-order valence-corrected chi connectivity index (χ1v) is 23.8. The Morgan fingerprint density at radius 3 is 1.37 bits per heavy atom. The van der Waals surface area contributed by atoms with E-state index in [1.54, 1.807) is 78.2 Å². The highest BCUT2D eigenvalue weighted by Gasteiger charge is 2.44. The normalized spacial score (nSPS) is 18.3. The molecule has 0 saturated heterocycles. The van der Waals surface area contributed by atoms with Gasteiger partial charge in [-0.2, -0.15) is 0 Å². The predicted octanol–water partition coefficient (Wildman–Crippen LogP) is 1.35. The Morgan fingerprint density at radius 2 is 0.918 bits per heavy atom. The molecular weight excluding hydrogens is 984 g/mol. The van der Waals surface area contributed by atoms with Crippen molar-refractivity contribution in [1.29, 1.82) is 0 Å². The van der Waals surface area contributed by atoms with Gasteiger partial charge in [-0.05, 0) is 64.6 Å². The minimum Gasteiger partial charge on any atom is -1.00 e. The second-order valence-electron chi connectivity index (χ2n) is 18.2. The summed E-state index contributed by atoms with van der Waals surface area (Å²) in [7, 11) is 22.2. The molecule has 0 fully saturated rings. The van der Waals surface area contributed by atoms with Gasteiger partial charge in [0.25, 0.3) is 0 Å². The summed E-state index contributed by atoms with van der Waals surface area (Å²) in [6.07, 6.45) is 4.01. The molecule has 4 unspecified atom stereocenters. The minimum absolute atomic E-state index is 0. The van der Waals surface area contributed by atoms with Crippen molar-refractivity contribution in [3.63, 3.8) is 0 Å². The average molecular weight is 1060 g/mol. The number of ketones is 1. The molecule has 0 aromatic heterocycles. The van der Waals surface area contributed by atoms with Crippen LogP contribution in [0.1, 0.15) is 64.7 Å².